The molecule has 170 valence electrons. The van der Waals surface area contributed by atoms with Gasteiger partial charge < -0.3 is 19.1 Å². The van der Waals surface area contributed by atoms with Crippen LogP contribution in [0.2, 0.25) is 0 Å². The van der Waals surface area contributed by atoms with Crippen LogP contribution in [-0.2, 0) is 10.3 Å². The van der Waals surface area contributed by atoms with E-state index < -0.39 is 5.60 Å². The maximum Gasteiger partial charge on any atom is 0.199 e. The van der Waals surface area contributed by atoms with Crippen LogP contribution in [0.15, 0.2) is 96.7 Å². The van der Waals surface area contributed by atoms with Crippen LogP contribution < -0.4 is 9.47 Å². The van der Waals surface area contributed by atoms with Gasteiger partial charge in [0, 0.05) is 29.8 Å². The van der Waals surface area contributed by atoms with Crippen LogP contribution in [0.1, 0.15) is 16.7 Å². The first-order valence-corrected chi connectivity index (χ1v) is 11.8. The minimum Gasteiger partial charge on any atom is -0.497 e. The third kappa shape index (κ3) is 3.34. The van der Waals surface area contributed by atoms with Crippen molar-refractivity contribution in [2.24, 2.45) is 0 Å². The first kappa shape index (κ1) is 20.8. The summed E-state index contributed by atoms with van der Waals surface area (Å²) in [6, 6.07) is 31.5. The molecule has 1 unspecified atom stereocenters. The van der Waals surface area contributed by atoms with Gasteiger partial charge in [0.05, 0.1) is 26.0 Å². The third-order valence-electron chi connectivity index (χ3n) is 6.86. The molecule has 0 amide bonds. The molecular weight excluding hydrogens is 422 g/mol. The molecule has 0 N–H and O–H groups in total. The molecule has 4 aromatic carbocycles. The summed E-state index contributed by atoms with van der Waals surface area (Å²) in [6.07, 6.45) is 2.34. The summed E-state index contributed by atoms with van der Waals surface area (Å²) in [5, 5.41) is 2.40. The van der Waals surface area contributed by atoms with Crippen LogP contribution in [0.5, 0.6) is 11.5 Å². The molecule has 1 atom stereocenters. The van der Waals surface area contributed by atoms with Crippen molar-refractivity contribution < 1.29 is 14.2 Å². The van der Waals surface area contributed by atoms with Crippen LogP contribution in [0.3, 0.4) is 0 Å². The zero-order valence-electron chi connectivity index (χ0n) is 19.2. The fourth-order valence-corrected chi connectivity index (χ4v) is 5.17. The van der Waals surface area contributed by atoms with Gasteiger partial charge in [0.2, 0.25) is 0 Å². The topological polar surface area (TPSA) is 30.9 Å². The van der Waals surface area contributed by atoms with Gasteiger partial charge in [-0.25, -0.2) is 0 Å². The van der Waals surface area contributed by atoms with Gasteiger partial charge in [0.15, 0.2) is 5.60 Å². The van der Waals surface area contributed by atoms with E-state index in [2.05, 4.69) is 83.8 Å². The number of ether oxygens (including phenoxy) is 3. The number of benzene rings is 4. The summed E-state index contributed by atoms with van der Waals surface area (Å²) in [7, 11) is 1.69. The summed E-state index contributed by atoms with van der Waals surface area (Å²) >= 11 is 0. The average molecular weight is 450 g/mol. The van der Waals surface area contributed by atoms with Crippen molar-refractivity contribution in [1.82, 2.24) is 4.90 Å². The van der Waals surface area contributed by atoms with Crippen molar-refractivity contribution >= 4 is 16.8 Å². The quantitative estimate of drug-likeness (QED) is 0.391. The number of hydrogen-bond acceptors (Lipinski definition) is 4. The van der Waals surface area contributed by atoms with E-state index in [0.717, 1.165) is 47.0 Å². The largest absolute Gasteiger partial charge is 0.497 e. The highest BCUT2D eigenvalue weighted by Gasteiger charge is 2.46. The lowest BCUT2D eigenvalue weighted by Crippen LogP contribution is -2.48. The van der Waals surface area contributed by atoms with E-state index in [-0.39, 0.29) is 0 Å². The molecule has 0 saturated carbocycles. The Morgan fingerprint density at radius 1 is 0.765 bits per heavy atom. The summed E-state index contributed by atoms with van der Waals surface area (Å²) in [6.45, 7) is 3.04. The van der Waals surface area contributed by atoms with Crippen LogP contribution in [0.25, 0.3) is 16.8 Å². The predicted octanol–water partition coefficient (Wildman–Crippen LogP) is 5.86. The zero-order chi connectivity index (χ0) is 23.0. The first-order chi connectivity index (χ1) is 16.8. The maximum atomic E-state index is 7.15. The number of fused-ring (bicyclic) bond motifs is 3. The number of morpholine rings is 1. The van der Waals surface area contributed by atoms with Crippen LogP contribution in [0, 0.1) is 0 Å². The normalized spacial score (nSPS) is 19.8. The molecule has 0 spiro atoms. The number of rotatable bonds is 4. The van der Waals surface area contributed by atoms with Crippen LogP contribution in [0.4, 0.5) is 0 Å². The summed E-state index contributed by atoms with van der Waals surface area (Å²) in [5.41, 5.74) is 3.63. The Kier molecular flexibility index (Phi) is 5.23. The van der Waals surface area contributed by atoms with Gasteiger partial charge in [-0.1, -0.05) is 72.8 Å². The lowest BCUT2D eigenvalue weighted by Gasteiger charge is -2.46. The Balaban J connectivity index is 1.65. The molecule has 2 aliphatic heterocycles. The molecule has 2 aliphatic rings. The minimum atomic E-state index is -0.791. The Morgan fingerprint density at radius 2 is 1.47 bits per heavy atom. The SMILES string of the molecule is COc1ccc(C2(c3ccccc3)Oc3ccc4ccccc4c3C=C2N2CCOCC2)cc1. The van der Waals surface area contributed by atoms with E-state index in [0.29, 0.717) is 13.2 Å². The minimum absolute atomic E-state index is 0.702. The van der Waals surface area contributed by atoms with Crippen molar-refractivity contribution in [1.29, 1.82) is 0 Å². The molecule has 2 heterocycles. The molecular formula is C30H27NO3. The Labute approximate surface area is 200 Å². The molecule has 6 rings (SSSR count). The average Bonchev–Trinajstić information content (AvgIpc) is 2.93. The van der Waals surface area contributed by atoms with Gasteiger partial charge in [0.25, 0.3) is 0 Å². The predicted molar refractivity (Wildman–Crippen MR) is 135 cm³/mol. The number of hydrogen-bond donors (Lipinski definition) is 0. The molecule has 34 heavy (non-hydrogen) atoms. The van der Waals surface area contributed by atoms with E-state index in [1.165, 1.54) is 10.8 Å². The number of methoxy groups -OCH3 is 1. The lowest BCUT2D eigenvalue weighted by atomic mass is 9.79. The highest BCUT2D eigenvalue weighted by molar-refractivity contribution is 5.94. The Bertz CT molecular complexity index is 1340. The van der Waals surface area contributed by atoms with Gasteiger partial charge in [-0.05, 0) is 35.0 Å². The molecule has 0 radical (unpaired) electrons. The van der Waals surface area contributed by atoms with Crippen molar-refractivity contribution in [3.05, 3.63) is 113 Å². The summed E-state index contributed by atoms with van der Waals surface area (Å²) in [5.74, 6) is 1.71. The summed E-state index contributed by atoms with van der Waals surface area (Å²) < 4.78 is 18.3. The second-order valence-corrected chi connectivity index (χ2v) is 8.71. The Hall–Kier alpha value is -3.76. The van der Waals surface area contributed by atoms with Crippen molar-refractivity contribution in [2.75, 3.05) is 33.4 Å². The summed E-state index contributed by atoms with van der Waals surface area (Å²) in [4.78, 5) is 2.42. The van der Waals surface area contributed by atoms with E-state index in [9.17, 15) is 0 Å². The highest BCUT2D eigenvalue weighted by atomic mass is 16.5. The van der Waals surface area contributed by atoms with E-state index in [1.54, 1.807) is 7.11 Å². The Morgan fingerprint density at radius 3 is 2.24 bits per heavy atom. The second-order valence-electron chi connectivity index (χ2n) is 8.71. The van der Waals surface area contributed by atoms with E-state index in [4.69, 9.17) is 14.2 Å². The second kappa shape index (κ2) is 8.54. The van der Waals surface area contributed by atoms with Gasteiger partial charge in [0.1, 0.15) is 11.5 Å². The molecule has 0 aliphatic carbocycles. The molecule has 0 aromatic heterocycles. The van der Waals surface area contributed by atoms with E-state index in [1.807, 2.05) is 18.2 Å². The van der Waals surface area contributed by atoms with Crippen molar-refractivity contribution in [3.63, 3.8) is 0 Å². The molecule has 4 aromatic rings. The smallest absolute Gasteiger partial charge is 0.199 e. The maximum absolute atomic E-state index is 7.15. The van der Waals surface area contributed by atoms with Gasteiger partial charge in [-0.15, -0.1) is 0 Å². The molecule has 4 heteroatoms. The first-order valence-electron chi connectivity index (χ1n) is 11.8. The fourth-order valence-electron chi connectivity index (χ4n) is 5.17. The fraction of sp³-hybridized carbons (Fsp3) is 0.200. The van der Waals surface area contributed by atoms with Crippen molar-refractivity contribution in [2.45, 2.75) is 5.60 Å². The molecule has 4 nitrogen and oxygen atoms in total. The lowest BCUT2D eigenvalue weighted by molar-refractivity contribution is 0.0268. The monoisotopic (exact) mass is 449 g/mol. The zero-order valence-corrected chi connectivity index (χ0v) is 19.2. The van der Waals surface area contributed by atoms with Gasteiger partial charge in [-0.3, -0.25) is 0 Å². The van der Waals surface area contributed by atoms with Crippen LogP contribution in [-0.4, -0.2) is 38.3 Å². The third-order valence-corrected chi connectivity index (χ3v) is 6.86. The van der Waals surface area contributed by atoms with E-state index >= 15 is 0 Å². The number of nitrogens with zero attached hydrogens (tertiary/aromatic N) is 1. The van der Waals surface area contributed by atoms with Gasteiger partial charge in [-0.2, -0.15) is 0 Å². The molecule has 1 saturated heterocycles. The highest BCUT2D eigenvalue weighted by Crippen LogP contribution is 2.49. The van der Waals surface area contributed by atoms with Crippen LogP contribution >= 0.6 is 0 Å². The van der Waals surface area contributed by atoms with Gasteiger partial charge >= 0.3 is 0 Å². The molecule has 1 fully saturated rings. The molecule has 0 bridgehead atoms. The standard InChI is InChI=1S/C30H27NO3/c1-32-25-14-12-24(13-15-25)30(23-8-3-2-4-9-23)29(31-17-19-33-20-18-31)21-27-26-10-6-5-7-22(26)11-16-28(27)34-30/h2-16,21H,17-20H2,1H3. The van der Waals surface area contributed by atoms with Crippen molar-refractivity contribution in [3.8, 4) is 11.5 Å².